The van der Waals surface area contributed by atoms with Crippen LogP contribution in [-0.4, -0.2) is 26.0 Å². The van der Waals surface area contributed by atoms with Crippen molar-refractivity contribution in [3.05, 3.63) is 97.3 Å². The number of aromatic nitrogens is 3. The first-order chi connectivity index (χ1) is 16.8. The van der Waals surface area contributed by atoms with Crippen LogP contribution in [-0.2, 0) is 11.8 Å². The molecule has 0 fully saturated rings. The minimum atomic E-state index is -1.17. The lowest BCUT2D eigenvalue weighted by molar-refractivity contribution is -0.131. The van der Waals surface area contributed by atoms with Crippen molar-refractivity contribution in [2.75, 3.05) is 5.32 Å². The molecule has 0 radical (unpaired) electrons. The minimum absolute atomic E-state index is 0.185. The fraction of sp³-hybridized carbons (Fsp3) is 0.231. The van der Waals surface area contributed by atoms with Crippen molar-refractivity contribution in [3.8, 4) is 5.75 Å². The van der Waals surface area contributed by atoms with Gasteiger partial charge in [0.25, 0.3) is 5.56 Å². The Morgan fingerprint density at radius 1 is 1.20 bits per heavy atom. The molecule has 35 heavy (non-hydrogen) atoms. The van der Waals surface area contributed by atoms with E-state index in [1.807, 2.05) is 81.7 Å². The van der Waals surface area contributed by atoms with E-state index in [4.69, 9.17) is 9.73 Å². The molecule has 1 N–H and O–H groups in total. The zero-order chi connectivity index (χ0) is 24.3. The van der Waals surface area contributed by atoms with Crippen LogP contribution in [0, 0.1) is 12.8 Å². The van der Waals surface area contributed by atoms with Crippen LogP contribution in [0.25, 0.3) is 6.08 Å². The lowest BCUT2D eigenvalue weighted by atomic mass is 9.80. The number of para-hydroxylation sites is 2. The summed E-state index contributed by atoms with van der Waals surface area (Å²) in [6.45, 7) is 3.76. The highest BCUT2D eigenvalue weighted by molar-refractivity contribution is 7.07. The smallest absolute Gasteiger partial charge is 0.270 e. The van der Waals surface area contributed by atoms with Crippen LogP contribution >= 0.6 is 11.3 Å². The van der Waals surface area contributed by atoms with Crippen molar-refractivity contribution < 1.29 is 9.53 Å². The van der Waals surface area contributed by atoms with Gasteiger partial charge in [-0.3, -0.25) is 18.8 Å². The molecule has 2 aromatic carbocycles. The van der Waals surface area contributed by atoms with E-state index in [-0.39, 0.29) is 11.5 Å². The Morgan fingerprint density at radius 2 is 1.97 bits per heavy atom. The van der Waals surface area contributed by atoms with Gasteiger partial charge < -0.3 is 10.1 Å². The summed E-state index contributed by atoms with van der Waals surface area (Å²) in [6, 6.07) is 14.6. The number of rotatable bonds is 3. The standard InChI is InChI=1S/C26H23N5O3S/c1-15-8-4-6-10-18(15)28-23(32)21-22-17-9-5-7-11-19(17)34-26(21,2)29-25-31(22)24(33)20(35-25)12-16-13-27-30(3)14-16/h4-14,21-22H,1-3H3,(H,28,32)/b20-12+. The lowest BCUT2D eigenvalue weighted by Crippen LogP contribution is -2.59. The normalized spacial score (nSPS) is 22.5. The first kappa shape index (κ1) is 21.5. The number of hydrogen-bond donors (Lipinski definition) is 1. The van der Waals surface area contributed by atoms with E-state index in [9.17, 15) is 9.59 Å². The van der Waals surface area contributed by atoms with E-state index >= 15 is 0 Å². The molecule has 2 aromatic heterocycles. The number of amides is 1. The number of benzene rings is 2. The molecule has 0 saturated carbocycles. The first-order valence-corrected chi connectivity index (χ1v) is 12.1. The van der Waals surface area contributed by atoms with Gasteiger partial charge in [-0.1, -0.05) is 47.7 Å². The van der Waals surface area contributed by atoms with Crippen molar-refractivity contribution in [2.45, 2.75) is 25.6 Å². The van der Waals surface area contributed by atoms with Gasteiger partial charge in [0.15, 0.2) is 4.80 Å². The Kier molecular flexibility index (Phi) is 4.79. The average Bonchev–Trinajstić information content (AvgIpc) is 3.36. The highest BCUT2D eigenvalue weighted by Gasteiger charge is 2.55. The number of anilines is 1. The SMILES string of the molecule is Cc1ccccc1NC(=O)C1C2c3ccccc3OC1(C)N=c1s/c(=C/c3cnn(C)c3)c(=O)n12. The fourth-order valence-electron chi connectivity index (χ4n) is 4.93. The van der Waals surface area contributed by atoms with Gasteiger partial charge in [-0.2, -0.15) is 5.10 Å². The minimum Gasteiger partial charge on any atom is -0.465 e. The van der Waals surface area contributed by atoms with Crippen molar-refractivity contribution in [3.63, 3.8) is 0 Å². The van der Waals surface area contributed by atoms with E-state index in [1.165, 1.54) is 11.3 Å². The van der Waals surface area contributed by atoms with Crippen molar-refractivity contribution in [2.24, 2.45) is 18.0 Å². The van der Waals surface area contributed by atoms with Crippen LogP contribution in [0.2, 0.25) is 0 Å². The van der Waals surface area contributed by atoms with Crippen LogP contribution in [0.15, 0.2) is 70.7 Å². The Hall–Kier alpha value is -3.98. The van der Waals surface area contributed by atoms with E-state index in [1.54, 1.807) is 15.4 Å². The number of fused-ring (bicyclic) bond motifs is 6. The number of hydrogen-bond acceptors (Lipinski definition) is 6. The Labute approximate surface area is 204 Å². The molecule has 0 spiro atoms. The summed E-state index contributed by atoms with van der Waals surface area (Å²) >= 11 is 1.30. The second-order valence-corrected chi connectivity index (χ2v) is 10.1. The number of nitrogens with one attached hydrogen (secondary N) is 1. The summed E-state index contributed by atoms with van der Waals surface area (Å²) in [5.41, 5.74) is 1.93. The molecule has 6 rings (SSSR count). The van der Waals surface area contributed by atoms with Gasteiger partial charge in [0.05, 0.1) is 16.8 Å². The summed E-state index contributed by atoms with van der Waals surface area (Å²) in [4.78, 5) is 32.9. The second kappa shape index (κ2) is 7.78. The molecule has 2 aliphatic rings. The van der Waals surface area contributed by atoms with Gasteiger partial charge in [-0.15, -0.1) is 0 Å². The maximum absolute atomic E-state index is 13.8. The number of aryl methyl sites for hydroxylation is 2. The lowest BCUT2D eigenvalue weighted by Gasteiger charge is -2.45. The van der Waals surface area contributed by atoms with Crippen molar-refractivity contribution in [1.29, 1.82) is 0 Å². The quantitative estimate of drug-likeness (QED) is 0.482. The van der Waals surface area contributed by atoms with E-state index in [0.717, 1.165) is 22.4 Å². The maximum Gasteiger partial charge on any atom is 0.270 e. The first-order valence-electron chi connectivity index (χ1n) is 11.3. The number of carbonyl (C=O) groups excluding carboxylic acids is 1. The van der Waals surface area contributed by atoms with Gasteiger partial charge in [-0.25, -0.2) is 4.99 Å². The van der Waals surface area contributed by atoms with E-state index < -0.39 is 17.7 Å². The predicted molar refractivity (Wildman–Crippen MR) is 133 cm³/mol. The van der Waals surface area contributed by atoms with E-state index in [0.29, 0.717) is 15.1 Å². The molecule has 9 heteroatoms. The summed E-state index contributed by atoms with van der Waals surface area (Å²) < 4.78 is 10.2. The Bertz CT molecular complexity index is 1670. The Morgan fingerprint density at radius 3 is 2.74 bits per heavy atom. The largest absolute Gasteiger partial charge is 0.465 e. The highest BCUT2D eigenvalue weighted by atomic mass is 32.1. The highest BCUT2D eigenvalue weighted by Crippen LogP contribution is 2.47. The molecule has 4 aromatic rings. The molecule has 2 aliphatic heterocycles. The fourth-order valence-corrected chi connectivity index (χ4v) is 6.03. The molecule has 3 unspecified atom stereocenters. The van der Waals surface area contributed by atoms with Gasteiger partial charge in [0, 0.05) is 30.1 Å². The molecule has 4 heterocycles. The van der Waals surface area contributed by atoms with Crippen molar-refractivity contribution >= 4 is 29.0 Å². The molecule has 2 bridgehead atoms. The van der Waals surface area contributed by atoms with Gasteiger partial charge in [0.2, 0.25) is 11.6 Å². The second-order valence-electron chi connectivity index (χ2n) is 9.05. The third-order valence-corrected chi connectivity index (χ3v) is 7.57. The number of thiazole rings is 1. The third kappa shape index (κ3) is 3.42. The number of ether oxygens (including phenoxy) is 1. The zero-order valence-corrected chi connectivity index (χ0v) is 20.2. The molecular formula is C26H23N5O3S. The zero-order valence-electron chi connectivity index (χ0n) is 19.4. The average molecular weight is 486 g/mol. The summed E-state index contributed by atoms with van der Waals surface area (Å²) in [6.07, 6.45) is 5.36. The van der Waals surface area contributed by atoms with Gasteiger partial charge in [0.1, 0.15) is 11.7 Å². The van der Waals surface area contributed by atoms with Gasteiger partial charge >= 0.3 is 0 Å². The van der Waals surface area contributed by atoms with Crippen molar-refractivity contribution in [1.82, 2.24) is 14.3 Å². The molecular weight excluding hydrogens is 462 g/mol. The molecule has 0 saturated heterocycles. The van der Waals surface area contributed by atoms with Crippen LogP contribution in [0.1, 0.15) is 29.7 Å². The van der Waals surface area contributed by atoms with E-state index in [2.05, 4.69) is 10.4 Å². The summed E-state index contributed by atoms with van der Waals surface area (Å²) in [5.74, 6) is -0.361. The molecule has 1 amide bonds. The molecule has 3 atom stereocenters. The number of nitrogens with zero attached hydrogens (tertiary/aromatic N) is 4. The summed E-state index contributed by atoms with van der Waals surface area (Å²) in [5, 5.41) is 7.24. The van der Waals surface area contributed by atoms with Crippen LogP contribution in [0.4, 0.5) is 5.69 Å². The third-order valence-electron chi connectivity index (χ3n) is 6.59. The monoisotopic (exact) mass is 485 g/mol. The number of carbonyl (C=O) groups is 1. The Balaban J connectivity index is 1.54. The van der Waals surface area contributed by atoms with Crippen LogP contribution in [0.3, 0.4) is 0 Å². The molecule has 8 nitrogen and oxygen atoms in total. The summed E-state index contributed by atoms with van der Waals surface area (Å²) in [7, 11) is 1.83. The predicted octanol–water partition coefficient (Wildman–Crippen LogP) is 2.37. The topological polar surface area (TPSA) is 90.5 Å². The van der Waals surface area contributed by atoms with Crippen LogP contribution < -0.4 is 24.9 Å². The van der Waals surface area contributed by atoms with Crippen LogP contribution in [0.5, 0.6) is 5.75 Å². The van der Waals surface area contributed by atoms with Gasteiger partial charge in [-0.05, 0) is 37.6 Å². The molecule has 176 valence electrons. The maximum atomic E-state index is 13.8. The molecule has 0 aliphatic carbocycles.